The predicted octanol–water partition coefficient (Wildman–Crippen LogP) is 0.455. The van der Waals surface area contributed by atoms with Gasteiger partial charge in [0, 0.05) is 17.9 Å². The number of nitrogens with zero attached hydrogens (tertiary/aromatic N) is 2. The fourth-order valence-corrected chi connectivity index (χ4v) is 2.62. The lowest BCUT2D eigenvalue weighted by molar-refractivity contribution is -0.116. The number of hydrogen-bond donors (Lipinski definition) is 4. The highest BCUT2D eigenvalue weighted by Gasteiger charge is 2.28. The molecule has 4 N–H and O–H groups in total. The number of aryl methyl sites for hydroxylation is 1. The van der Waals surface area contributed by atoms with Crippen LogP contribution in [0.4, 0.5) is 16.2 Å². The molecule has 3 amide bonds. The van der Waals surface area contributed by atoms with Crippen LogP contribution in [0.1, 0.15) is 12.0 Å². The maximum atomic E-state index is 12.3. The number of anilines is 2. The van der Waals surface area contributed by atoms with Gasteiger partial charge in [0.05, 0.1) is 25.3 Å². The lowest BCUT2D eigenvalue weighted by Crippen LogP contribution is -2.50. The number of aliphatic hydroxyl groups excluding tert-OH is 2. The van der Waals surface area contributed by atoms with Gasteiger partial charge in [-0.2, -0.15) is 0 Å². The Morgan fingerprint density at radius 2 is 1.96 bits per heavy atom. The van der Waals surface area contributed by atoms with Crippen molar-refractivity contribution >= 4 is 23.3 Å². The molecule has 2 atom stereocenters. The number of piperidine rings is 1. The predicted molar refractivity (Wildman–Crippen MR) is 95.6 cm³/mol. The maximum absolute atomic E-state index is 12.3. The molecule has 1 heterocycles. The van der Waals surface area contributed by atoms with E-state index in [1.807, 2.05) is 27.1 Å². The highest BCUT2D eigenvalue weighted by Crippen LogP contribution is 2.21. The Morgan fingerprint density at radius 3 is 2.60 bits per heavy atom. The van der Waals surface area contributed by atoms with Gasteiger partial charge >= 0.3 is 6.03 Å². The van der Waals surface area contributed by atoms with Crippen LogP contribution in [0.2, 0.25) is 0 Å². The summed E-state index contributed by atoms with van der Waals surface area (Å²) in [7, 11) is 3.63. The third-order valence-corrected chi connectivity index (χ3v) is 4.06. The summed E-state index contributed by atoms with van der Waals surface area (Å²) in [5.74, 6) is -0.135. The molecule has 1 aromatic carbocycles. The molecular weight excluding hydrogens is 324 g/mol. The van der Waals surface area contributed by atoms with Crippen molar-refractivity contribution in [3.05, 3.63) is 23.8 Å². The van der Waals surface area contributed by atoms with Crippen molar-refractivity contribution in [3.63, 3.8) is 0 Å². The summed E-state index contributed by atoms with van der Waals surface area (Å²) in [6.45, 7) is 2.61. The molecule has 1 aliphatic rings. The maximum Gasteiger partial charge on any atom is 0.321 e. The average Bonchev–Trinajstić information content (AvgIpc) is 2.52. The smallest absolute Gasteiger partial charge is 0.321 e. The average molecular weight is 350 g/mol. The normalized spacial score (nSPS) is 20.5. The molecule has 0 saturated carbocycles. The van der Waals surface area contributed by atoms with Gasteiger partial charge in [-0.05, 0) is 45.1 Å². The van der Waals surface area contributed by atoms with Gasteiger partial charge in [0.2, 0.25) is 5.91 Å². The van der Waals surface area contributed by atoms with E-state index in [0.29, 0.717) is 24.3 Å². The first-order chi connectivity index (χ1) is 11.8. The molecule has 1 aliphatic heterocycles. The van der Waals surface area contributed by atoms with Crippen molar-refractivity contribution in [3.8, 4) is 0 Å². The number of β-amino-alcohol motifs (C(OH)–C–C–N with tert-alkyl or cyclic N) is 1. The van der Waals surface area contributed by atoms with Gasteiger partial charge in [-0.25, -0.2) is 4.79 Å². The van der Waals surface area contributed by atoms with Gasteiger partial charge in [0.15, 0.2) is 0 Å². The molecule has 0 aliphatic carbocycles. The van der Waals surface area contributed by atoms with Crippen molar-refractivity contribution in [1.29, 1.82) is 0 Å². The summed E-state index contributed by atoms with van der Waals surface area (Å²) in [6.07, 6.45) is -1.38. The van der Waals surface area contributed by atoms with Crippen LogP contribution >= 0.6 is 0 Å². The molecular formula is C17H26N4O4. The van der Waals surface area contributed by atoms with Gasteiger partial charge < -0.3 is 30.6 Å². The van der Waals surface area contributed by atoms with E-state index in [2.05, 4.69) is 10.6 Å². The molecule has 25 heavy (non-hydrogen) atoms. The third kappa shape index (κ3) is 5.42. The van der Waals surface area contributed by atoms with Crippen LogP contribution in [-0.2, 0) is 4.79 Å². The number of likely N-dealkylation sites (N-methyl/N-ethyl adjacent to an activating group) is 1. The van der Waals surface area contributed by atoms with E-state index in [0.717, 1.165) is 5.56 Å². The van der Waals surface area contributed by atoms with Crippen LogP contribution < -0.4 is 10.6 Å². The van der Waals surface area contributed by atoms with Crippen LogP contribution in [0.25, 0.3) is 0 Å². The SMILES string of the molecule is Cc1ccc(NC(=O)N2CC[C@H](O)[C@@H](O)C2)cc1NC(=O)CN(C)C. The molecule has 8 heteroatoms. The molecule has 2 rings (SSSR count). The van der Waals surface area contributed by atoms with E-state index >= 15 is 0 Å². The minimum Gasteiger partial charge on any atom is -0.390 e. The Labute approximate surface area is 147 Å². The molecule has 138 valence electrons. The second kappa shape index (κ2) is 8.28. The zero-order valence-electron chi connectivity index (χ0n) is 14.8. The van der Waals surface area contributed by atoms with Gasteiger partial charge in [-0.1, -0.05) is 6.07 Å². The Kier molecular flexibility index (Phi) is 6.35. The van der Waals surface area contributed by atoms with E-state index in [-0.39, 0.29) is 25.0 Å². The number of benzene rings is 1. The Bertz CT molecular complexity index is 635. The molecule has 0 aromatic heterocycles. The fraction of sp³-hybridized carbons (Fsp3) is 0.529. The number of carbonyl (C=O) groups excluding carboxylic acids is 2. The summed E-state index contributed by atoms with van der Waals surface area (Å²) in [4.78, 5) is 27.5. The van der Waals surface area contributed by atoms with Gasteiger partial charge in [0.25, 0.3) is 0 Å². The van der Waals surface area contributed by atoms with E-state index in [1.54, 1.807) is 17.0 Å². The molecule has 0 bridgehead atoms. The van der Waals surface area contributed by atoms with Crippen molar-refractivity contribution in [2.75, 3.05) is 44.4 Å². The van der Waals surface area contributed by atoms with Crippen LogP contribution in [0.3, 0.4) is 0 Å². The van der Waals surface area contributed by atoms with Crippen LogP contribution in [0.15, 0.2) is 18.2 Å². The first-order valence-corrected chi connectivity index (χ1v) is 8.23. The monoisotopic (exact) mass is 350 g/mol. The van der Waals surface area contributed by atoms with E-state index < -0.39 is 12.2 Å². The zero-order valence-corrected chi connectivity index (χ0v) is 14.8. The lowest BCUT2D eigenvalue weighted by Gasteiger charge is -2.33. The quantitative estimate of drug-likeness (QED) is 0.631. The highest BCUT2D eigenvalue weighted by molar-refractivity contribution is 5.95. The second-order valence-electron chi connectivity index (χ2n) is 6.62. The highest BCUT2D eigenvalue weighted by atomic mass is 16.3. The number of carbonyl (C=O) groups is 2. The van der Waals surface area contributed by atoms with Crippen molar-refractivity contribution in [1.82, 2.24) is 9.80 Å². The van der Waals surface area contributed by atoms with Crippen molar-refractivity contribution in [2.24, 2.45) is 0 Å². The second-order valence-corrected chi connectivity index (χ2v) is 6.62. The summed E-state index contributed by atoms with van der Waals surface area (Å²) in [5, 5.41) is 24.8. The summed E-state index contributed by atoms with van der Waals surface area (Å²) in [5.41, 5.74) is 2.08. The van der Waals surface area contributed by atoms with Gasteiger partial charge in [0.1, 0.15) is 0 Å². The van der Waals surface area contributed by atoms with Crippen molar-refractivity contribution in [2.45, 2.75) is 25.6 Å². The molecule has 8 nitrogen and oxygen atoms in total. The molecule has 1 saturated heterocycles. The third-order valence-electron chi connectivity index (χ3n) is 4.06. The van der Waals surface area contributed by atoms with E-state index in [4.69, 9.17) is 0 Å². The Morgan fingerprint density at radius 1 is 1.24 bits per heavy atom. The van der Waals surface area contributed by atoms with E-state index in [1.165, 1.54) is 4.90 Å². The minimum atomic E-state index is -0.932. The molecule has 0 radical (unpaired) electrons. The van der Waals surface area contributed by atoms with Gasteiger partial charge in [-0.3, -0.25) is 4.79 Å². The lowest BCUT2D eigenvalue weighted by atomic mass is 10.1. The van der Waals surface area contributed by atoms with Crippen LogP contribution in [0, 0.1) is 6.92 Å². The topological polar surface area (TPSA) is 105 Å². The first kappa shape index (κ1) is 19.2. The van der Waals surface area contributed by atoms with Gasteiger partial charge in [-0.15, -0.1) is 0 Å². The number of nitrogens with one attached hydrogen (secondary N) is 2. The number of urea groups is 1. The standard InChI is InChI=1S/C17H26N4O4/c1-11-4-5-12(8-13(11)19-16(24)10-20(2)3)18-17(25)21-7-6-14(22)15(23)9-21/h4-5,8,14-15,22-23H,6-7,9-10H2,1-3H3,(H,18,25)(H,19,24)/t14-,15-/m0/s1. The van der Waals surface area contributed by atoms with Crippen LogP contribution in [0.5, 0.6) is 0 Å². The first-order valence-electron chi connectivity index (χ1n) is 8.23. The number of rotatable bonds is 4. The minimum absolute atomic E-state index is 0.0886. The summed E-state index contributed by atoms with van der Waals surface area (Å²) in [6, 6.07) is 4.93. The van der Waals surface area contributed by atoms with Crippen LogP contribution in [-0.4, -0.2) is 77.9 Å². The zero-order chi connectivity index (χ0) is 18.6. The fourth-order valence-electron chi connectivity index (χ4n) is 2.62. The number of amides is 3. The Balaban J connectivity index is 2.01. The summed E-state index contributed by atoms with van der Waals surface area (Å²) >= 11 is 0. The molecule has 1 aromatic rings. The largest absolute Gasteiger partial charge is 0.390 e. The molecule has 1 fully saturated rings. The number of likely N-dealkylation sites (tertiary alicyclic amines) is 1. The summed E-state index contributed by atoms with van der Waals surface area (Å²) < 4.78 is 0. The van der Waals surface area contributed by atoms with E-state index in [9.17, 15) is 19.8 Å². The Hall–Kier alpha value is -2.16. The molecule has 0 unspecified atom stereocenters. The molecule has 0 spiro atoms. The van der Waals surface area contributed by atoms with Crippen molar-refractivity contribution < 1.29 is 19.8 Å². The number of hydrogen-bond acceptors (Lipinski definition) is 5. The number of aliphatic hydroxyl groups is 2.